The van der Waals surface area contributed by atoms with E-state index in [9.17, 15) is 9.59 Å². The molecule has 3 rings (SSSR count). The topological polar surface area (TPSA) is 59.1 Å². The Balaban J connectivity index is 1.62. The number of piperidine rings is 1. The summed E-state index contributed by atoms with van der Waals surface area (Å²) in [5, 5.41) is 0. The minimum absolute atomic E-state index is 0.00263. The summed E-state index contributed by atoms with van der Waals surface area (Å²) in [4.78, 5) is 29.5. The van der Waals surface area contributed by atoms with Gasteiger partial charge in [0.25, 0.3) is 5.91 Å². The molecule has 6 nitrogen and oxygen atoms in total. The number of carbonyl (C=O) groups is 2. The van der Waals surface area contributed by atoms with Gasteiger partial charge in [-0.2, -0.15) is 0 Å². The fraction of sp³-hybridized carbons (Fsp3) is 0.524. The highest BCUT2D eigenvalue weighted by atomic mass is 16.5. The number of likely N-dealkylation sites (tertiary alicyclic amines) is 1. The van der Waals surface area contributed by atoms with Crippen molar-refractivity contribution < 1.29 is 19.1 Å². The monoisotopic (exact) mass is 372 g/mol. The standard InChI is InChI=1S/C21H28N2O4/c1-4-17-6-5-9-23(17)21(25)15-7-10-22(11-8-15)20(24)16-12-18(26-2)14-19(13-16)27-3/h5-6,12-15,17H,4,7-11H2,1-3H3. The summed E-state index contributed by atoms with van der Waals surface area (Å²) in [6.45, 7) is 3.99. The quantitative estimate of drug-likeness (QED) is 0.746. The summed E-state index contributed by atoms with van der Waals surface area (Å²) >= 11 is 0. The van der Waals surface area contributed by atoms with Crippen LogP contribution in [0.25, 0.3) is 0 Å². The molecule has 2 amide bonds. The van der Waals surface area contributed by atoms with Crippen LogP contribution >= 0.6 is 0 Å². The van der Waals surface area contributed by atoms with Gasteiger partial charge < -0.3 is 19.3 Å². The van der Waals surface area contributed by atoms with Crippen molar-refractivity contribution in [3.05, 3.63) is 35.9 Å². The molecule has 1 aromatic carbocycles. The molecule has 0 aliphatic carbocycles. The van der Waals surface area contributed by atoms with Gasteiger partial charge in [0.1, 0.15) is 11.5 Å². The van der Waals surface area contributed by atoms with Gasteiger partial charge in [-0.3, -0.25) is 9.59 Å². The van der Waals surface area contributed by atoms with Crippen LogP contribution in [0.1, 0.15) is 36.5 Å². The number of hydrogen-bond donors (Lipinski definition) is 0. The van der Waals surface area contributed by atoms with E-state index >= 15 is 0 Å². The van der Waals surface area contributed by atoms with Crippen molar-refractivity contribution in [2.75, 3.05) is 33.9 Å². The lowest BCUT2D eigenvalue weighted by Gasteiger charge is -2.35. The molecule has 27 heavy (non-hydrogen) atoms. The number of nitrogens with zero attached hydrogens (tertiary/aromatic N) is 2. The average Bonchev–Trinajstić information content (AvgIpc) is 3.21. The molecule has 0 spiro atoms. The van der Waals surface area contributed by atoms with Gasteiger partial charge in [-0.05, 0) is 31.4 Å². The normalized spacial score (nSPS) is 20.0. The Morgan fingerprint density at radius 2 is 1.70 bits per heavy atom. The fourth-order valence-electron chi connectivity index (χ4n) is 3.86. The van der Waals surface area contributed by atoms with E-state index in [1.165, 1.54) is 0 Å². The summed E-state index contributed by atoms with van der Waals surface area (Å²) in [5.74, 6) is 1.36. The van der Waals surface area contributed by atoms with Crippen molar-refractivity contribution in [1.82, 2.24) is 9.80 Å². The van der Waals surface area contributed by atoms with Crippen molar-refractivity contribution in [3.8, 4) is 11.5 Å². The van der Waals surface area contributed by atoms with E-state index in [1.54, 1.807) is 32.4 Å². The first kappa shape index (κ1) is 19.3. The van der Waals surface area contributed by atoms with Crippen LogP contribution in [0.15, 0.2) is 30.4 Å². The molecule has 2 aliphatic heterocycles. The summed E-state index contributed by atoms with van der Waals surface area (Å²) in [6, 6.07) is 5.42. The first-order valence-corrected chi connectivity index (χ1v) is 9.56. The lowest BCUT2D eigenvalue weighted by atomic mass is 9.94. The highest BCUT2D eigenvalue weighted by molar-refractivity contribution is 5.95. The van der Waals surface area contributed by atoms with Crippen LogP contribution in [-0.4, -0.2) is 61.5 Å². The van der Waals surface area contributed by atoms with Crippen molar-refractivity contribution in [2.45, 2.75) is 32.2 Å². The van der Waals surface area contributed by atoms with Crippen molar-refractivity contribution >= 4 is 11.8 Å². The lowest BCUT2D eigenvalue weighted by Crippen LogP contribution is -2.45. The average molecular weight is 372 g/mol. The van der Waals surface area contributed by atoms with Gasteiger partial charge in [-0.25, -0.2) is 0 Å². The Bertz CT molecular complexity index is 701. The molecule has 0 bridgehead atoms. The molecular formula is C21H28N2O4. The highest BCUT2D eigenvalue weighted by Gasteiger charge is 2.33. The number of hydrogen-bond acceptors (Lipinski definition) is 4. The van der Waals surface area contributed by atoms with E-state index in [-0.39, 0.29) is 23.8 Å². The molecule has 1 unspecified atom stereocenters. The van der Waals surface area contributed by atoms with Crippen LogP contribution in [-0.2, 0) is 4.79 Å². The summed E-state index contributed by atoms with van der Waals surface area (Å²) in [5.41, 5.74) is 0.547. The van der Waals surface area contributed by atoms with E-state index in [0.717, 1.165) is 6.42 Å². The van der Waals surface area contributed by atoms with Gasteiger partial charge in [-0.15, -0.1) is 0 Å². The van der Waals surface area contributed by atoms with Crippen LogP contribution in [0.5, 0.6) is 11.5 Å². The predicted octanol–water partition coefficient (Wildman–Crippen LogP) is 2.73. The summed E-state index contributed by atoms with van der Waals surface area (Å²) < 4.78 is 10.5. The largest absolute Gasteiger partial charge is 0.497 e. The van der Waals surface area contributed by atoms with E-state index in [4.69, 9.17) is 9.47 Å². The van der Waals surface area contributed by atoms with Crippen LogP contribution in [0.4, 0.5) is 0 Å². The minimum atomic E-state index is -0.0487. The molecule has 0 N–H and O–H groups in total. The Morgan fingerprint density at radius 1 is 1.07 bits per heavy atom. The molecule has 6 heteroatoms. The fourth-order valence-corrected chi connectivity index (χ4v) is 3.86. The zero-order valence-electron chi connectivity index (χ0n) is 16.3. The van der Waals surface area contributed by atoms with Gasteiger partial charge >= 0.3 is 0 Å². The molecular weight excluding hydrogens is 344 g/mol. The predicted molar refractivity (Wildman–Crippen MR) is 103 cm³/mol. The van der Waals surface area contributed by atoms with Crippen LogP contribution < -0.4 is 9.47 Å². The van der Waals surface area contributed by atoms with Crippen molar-refractivity contribution in [3.63, 3.8) is 0 Å². The molecule has 1 atom stereocenters. The van der Waals surface area contributed by atoms with E-state index in [0.29, 0.717) is 49.5 Å². The minimum Gasteiger partial charge on any atom is -0.497 e. The smallest absolute Gasteiger partial charge is 0.254 e. The summed E-state index contributed by atoms with van der Waals surface area (Å²) in [7, 11) is 3.13. The molecule has 0 aromatic heterocycles. The van der Waals surface area contributed by atoms with Crippen LogP contribution in [0.3, 0.4) is 0 Å². The van der Waals surface area contributed by atoms with Gasteiger partial charge in [0.2, 0.25) is 5.91 Å². The molecule has 1 saturated heterocycles. The Morgan fingerprint density at radius 3 is 2.26 bits per heavy atom. The Labute approximate surface area is 160 Å². The third kappa shape index (κ3) is 4.10. The zero-order valence-corrected chi connectivity index (χ0v) is 16.3. The number of methoxy groups -OCH3 is 2. The number of amides is 2. The van der Waals surface area contributed by atoms with Crippen molar-refractivity contribution in [1.29, 1.82) is 0 Å². The second-order valence-corrected chi connectivity index (χ2v) is 7.06. The third-order valence-electron chi connectivity index (χ3n) is 5.49. The molecule has 1 aromatic rings. The summed E-state index contributed by atoms with van der Waals surface area (Å²) in [6.07, 6.45) is 6.54. The number of ether oxygens (including phenoxy) is 2. The maximum Gasteiger partial charge on any atom is 0.254 e. The molecule has 0 saturated carbocycles. The highest BCUT2D eigenvalue weighted by Crippen LogP contribution is 2.27. The maximum atomic E-state index is 12.9. The Kier molecular flexibility index (Phi) is 6.04. The Hall–Kier alpha value is -2.50. The van der Waals surface area contributed by atoms with Crippen molar-refractivity contribution in [2.24, 2.45) is 5.92 Å². The molecule has 2 aliphatic rings. The lowest BCUT2D eigenvalue weighted by molar-refractivity contribution is -0.137. The molecule has 0 radical (unpaired) electrons. The van der Waals surface area contributed by atoms with Gasteiger partial charge in [0.15, 0.2) is 0 Å². The first-order chi connectivity index (χ1) is 13.1. The van der Waals surface area contributed by atoms with Gasteiger partial charge in [0.05, 0.1) is 20.3 Å². The first-order valence-electron chi connectivity index (χ1n) is 9.56. The van der Waals surface area contributed by atoms with Crippen LogP contribution in [0.2, 0.25) is 0 Å². The van der Waals surface area contributed by atoms with E-state index in [2.05, 4.69) is 19.1 Å². The molecule has 1 fully saturated rings. The second-order valence-electron chi connectivity index (χ2n) is 7.06. The van der Waals surface area contributed by atoms with E-state index < -0.39 is 0 Å². The molecule has 146 valence electrons. The SMILES string of the molecule is CCC1C=CCN1C(=O)C1CCN(C(=O)c2cc(OC)cc(OC)c2)CC1. The number of benzene rings is 1. The van der Waals surface area contributed by atoms with Gasteiger partial charge in [0, 0.05) is 37.2 Å². The second kappa shape index (κ2) is 8.46. The zero-order chi connectivity index (χ0) is 19.4. The number of rotatable bonds is 5. The van der Waals surface area contributed by atoms with Crippen LogP contribution in [0, 0.1) is 5.92 Å². The molecule has 2 heterocycles. The third-order valence-corrected chi connectivity index (χ3v) is 5.49. The van der Waals surface area contributed by atoms with Gasteiger partial charge in [-0.1, -0.05) is 19.1 Å². The van der Waals surface area contributed by atoms with E-state index in [1.807, 2.05) is 9.80 Å². The maximum absolute atomic E-state index is 12.9. The number of carbonyl (C=O) groups excluding carboxylic acids is 2.